The number of aromatic nitrogens is 2. The lowest BCUT2D eigenvalue weighted by Gasteiger charge is -2.22. The summed E-state index contributed by atoms with van der Waals surface area (Å²) in [5.41, 5.74) is 3.58. The zero-order valence-electron chi connectivity index (χ0n) is 21.6. The van der Waals surface area contributed by atoms with Crippen molar-refractivity contribution in [3.8, 4) is 22.8 Å². The molecule has 4 rings (SSSR count). The first-order valence-corrected chi connectivity index (χ1v) is 13.1. The number of amides is 1. The van der Waals surface area contributed by atoms with Crippen molar-refractivity contribution < 1.29 is 14.3 Å². The Kier molecular flexibility index (Phi) is 8.93. The van der Waals surface area contributed by atoms with Crippen LogP contribution in [0.5, 0.6) is 11.5 Å². The summed E-state index contributed by atoms with van der Waals surface area (Å²) in [6.07, 6.45) is 9.20. The molecule has 190 valence electrons. The molecule has 0 radical (unpaired) electrons. The second-order valence-corrected chi connectivity index (χ2v) is 9.75. The van der Waals surface area contributed by atoms with Gasteiger partial charge in [-0.25, -0.2) is 9.97 Å². The number of benzene rings is 2. The molecule has 2 aromatic carbocycles. The molecular weight excluding hydrogens is 450 g/mol. The Labute approximate surface area is 214 Å². The van der Waals surface area contributed by atoms with Gasteiger partial charge in [0, 0.05) is 5.56 Å². The van der Waals surface area contributed by atoms with Crippen molar-refractivity contribution in [1.82, 2.24) is 9.97 Å². The van der Waals surface area contributed by atoms with Crippen molar-refractivity contribution in [2.75, 3.05) is 11.9 Å². The quantitative estimate of drug-likeness (QED) is 0.347. The van der Waals surface area contributed by atoms with Crippen molar-refractivity contribution >= 4 is 11.7 Å². The normalized spacial score (nSPS) is 14.0. The molecule has 0 aliphatic heterocycles. The van der Waals surface area contributed by atoms with Crippen LogP contribution < -0.4 is 14.8 Å². The summed E-state index contributed by atoms with van der Waals surface area (Å²) in [7, 11) is 0. The van der Waals surface area contributed by atoms with E-state index in [9.17, 15) is 4.79 Å². The Hall–Kier alpha value is -3.41. The van der Waals surface area contributed by atoms with Crippen LogP contribution in [0.1, 0.15) is 64.1 Å². The zero-order chi connectivity index (χ0) is 25.3. The van der Waals surface area contributed by atoms with Gasteiger partial charge in [-0.1, -0.05) is 44.2 Å². The molecule has 1 aliphatic rings. The maximum atomic E-state index is 12.9. The van der Waals surface area contributed by atoms with Gasteiger partial charge in [0.05, 0.1) is 36.7 Å². The van der Waals surface area contributed by atoms with E-state index in [2.05, 4.69) is 10.3 Å². The number of hydrogen-bond acceptors (Lipinski definition) is 5. The molecule has 1 saturated carbocycles. The highest BCUT2D eigenvalue weighted by atomic mass is 16.5. The minimum atomic E-state index is -0.0960. The molecule has 1 heterocycles. The molecule has 6 heteroatoms. The Balaban J connectivity index is 1.51. The first-order valence-electron chi connectivity index (χ1n) is 13.1. The number of hydrogen-bond donors (Lipinski definition) is 1. The van der Waals surface area contributed by atoms with Gasteiger partial charge in [-0.15, -0.1) is 0 Å². The molecule has 1 aliphatic carbocycles. The summed E-state index contributed by atoms with van der Waals surface area (Å²) in [6, 6.07) is 15.6. The molecule has 1 fully saturated rings. The Bertz CT molecular complexity index is 1120. The van der Waals surface area contributed by atoms with Gasteiger partial charge in [0.15, 0.2) is 5.82 Å². The summed E-state index contributed by atoms with van der Waals surface area (Å²) < 4.78 is 11.3. The van der Waals surface area contributed by atoms with Crippen molar-refractivity contribution in [2.45, 2.75) is 71.8 Å². The van der Waals surface area contributed by atoms with Gasteiger partial charge in [-0.2, -0.15) is 0 Å². The fourth-order valence-electron chi connectivity index (χ4n) is 4.69. The lowest BCUT2D eigenvalue weighted by atomic mass is 9.86. The SMILES string of the molecule is CCOc1ccc(CC(=O)Nc2ncc(-c3ccc(OC(C)C)cc3)nc2CC2CCCCC2)cc1. The molecule has 1 aromatic heterocycles. The molecule has 0 saturated heterocycles. The number of anilines is 1. The third kappa shape index (κ3) is 7.30. The number of nitrogens with one attached hydrogen (secondary N) is 1. The van der Waals surface area contributed by atoms with Crippen LogP contribution in [0.15, 0.2) is 54.7 Å². The first kappa shape index (κ1) is 25.7. The van der Waals surface area contributed by atoms with E-state index in [1.54, 1.807) is 6.20 Å². The number of nitrogens with zero attached hydrogens (tertiary/aromatic N) is 2. The van der Waals surface area contributed by atoms with Gasteiger partial charge in [-0.05, 0) is 75.1 Å². The second-order valence-electron chi connectivity index (χ2n) is 9.75. The van der Waals surface area contributed by atoms with Crippen LogP contribution in [-0.2, 0) is 17.6 Å². The molecule has 0 atom stereocenters. The predicted molar refractivity (Wildman–Crippen MR) is 143 cm³/mol. The standard InChI is InChI=1S/C30H37N3O3/c1-4-35-25-14-10-23(11-15-25)19-29(34)33-30-27(18-22-8-6-5-7-9-22)32-28(20-31-30)24-12-16-26(17-13-24)36-21(2)3/h10-17,20-22H,4-9,18-19H2,1-3H3,(H,31,33,34). The average molecular weight is 488 g/mol. The minimum absolute atomic E-state index is 0.0960. The molecule has 3 aromatic rings. The van der Waals surface area contributed by atoms with Gasteiger partial charge in [0.1, 0.15) is 11.5 Å². The van der Waals surface area contributed by atoms with Gasteiger partial charge in [0.2, 0.25) is 5.91 Å². The van der Waals surface area contributed by atoms with Gasteiger partial charge >= 0.3 is 0 Å². The first-order chi connectivity index (χ1) is 17.5. The summed E-state index contributed by atoms with van der Waals surface area (Å²) in [5.74, 6) is 2.69. The highest BCUT2D eigenvalue weighted by Crippen LogP contribution is 2.30. The smallest absolute Gasteiger partial charge is 0.229 e. The third-order valence-corrected chi connectivity index (χ3v) is 6.43. The lowest BCUT2D eigenvalue weighted by Crippen LogP contribution is -2.19. The summed E-state index contributed by atoms with van der Waals surface area (Å²) in [6.45, 7) is 6.60. The predicted octanol–water partition coefficient (Wildman–Crippen LogP) is 6.63. The fourth-order valence-corrected chi connectivity index (χ4v) is 4.69. The molecule has 0 unspecified atom stereocenters. The highest BCUT2D eigenvalue weighted by molar-refractivity contribution is 5.92. The third-order valence-electron chi connectivity index (χ3n) is 6.43. The van der Waals surface area contributed by atoms with Gasteiger partial charge < -0.3 is 14.8 Å². The molecule has 0 bridgehead atoms. The summed E-state index contributed by atoms with van der Waals surface area (Å²) in [5, 5.41) is 3.03. The van der Waals surface area contributed by atoms with Crippen molar-refractivity contribution in [3.05, 3.63) is 66.0 Å². The van der Waals surface area contributed by atoms with Crippen LogP contribution in [0.2, 0.25) is 0 Å². The van der Waals surface area contributed by atoms with Crippen LogP contribution in [-0.4, -0.2) is 28.6 Å². The van der Waals surface area contributed by atoms with Gasteiger partial charge in [-0.3, -0.25) is 4.79 Å². The van der Waals surface area contributed by atoms with E-state index >= 15 is 0 Å². The Morgan fingerprint density at radius 3 is 2.36 bits per heavy atom. The highest BCUT2D eigenvalue weighted by Gasteiger charge is 2.19. The monoisotopic (exact) mass is 487 g/mol. The van der Waals surface area contributed by atoms with E-state index in [4.69, 9.17) is 14.5 Å². The maximum Gasteiger partial charge on any atom is 0.229 e. The van der Waals surface area contributed by atoms with Crippen LogP contribution in [0, 0.1) is 5.92 Å². The second kappa shape index (κ2) is 12.5. The largest absolute Gasteiger partial charge is 0.494 e. The fraction of sp³-hybridized carbons (Fsp3) is 0.433. The van der Waals surface area contributed by atoms with E-state index in [1.165, 1.54) is 32.1 Å². The lowest BCUT2D eigenvalue weighted by molar-refractivity contribution is -0.115. The molecule has 1 amide bonds. The van der Waals surface area contributed by atoms with Crippen molar-refractivity contribution in [3.63, 3.8) is 0 Å². The van der Waals surface area contributed by atoms with E-state index in [0.29, 0.717) is 18.3 Å². The van der Waals surface area contributed by atoms with Crippen molar-refractivity contribution in [1.29, 1.82) is 0 Å². The van der Waals surface area contributed by atoms with Crippen LogP contribution >= 0.6 is 0 Å². The number of carbonyl (C=O) groups excluding carboxylic acids is 1. The molecule has 36 heavy (non-hydrogen) atoms. The molecule has 1 N–H and O–H groups in total. The average Bonchev–Trinajstić information content (AvgIpc) is 2.87. The Morgan fingerprint density at radius 1 is 1.00 bits per heavy atom. The number of carbonyl (C=O) groups is 1. The minimum Gasteiger partial charge on any atom is -0.494 e. The Morgan fingerprint density at radius 2 is 1.69 bits per heavy atom. The van der Waals surface area contributed by atoms with Crippen LogP contribution in [0.3, 0.4) is 0 Å². The van der Waals surface area contributed by atoms with Crippen LogP contribution in [0.25, 0.3) is 11.3 Å². The summed E-state index contributed by atoms with van der Waals surface area (Å²) >= 11 is 0. The van der Waals surface area contributed by atoms with E-state index in [-0.39, 0.29) is 18.4 Å². The van der Waals surface area contributed by atoms with Gasteiger partial charge in [0.25, 0.3) is 0 Å². The molecule has 0 spiro atoms. The molecular formula is C30H37N3O3. The topological polar surface area (TPSA) is 73.3 Å². The van der Waals surface area contributed by atoms with E-state index in [0.717, 1.165) is 40.4 Å². The van der Waals surface area contributed by atoms with E-state index < -0.39 is 0 Å². The number of rotatable bonds is 10. The zero-order valence-corrected chi connectivity index (χ0v) is 21.6. The number of ether oxygens (including phenoxy) is 2. The molecule has 6 nitrogen and oxygen atoms in total. The maximum absolute atomic E-state index is 12.9. The summed E-state index contributed by atoms with van der Waals surface area (Å²) in [4.78, 5) is 22.5. The van der Waals surface area contributed by atoms with Crippen molar-refractivity contribution in [2.24, 2.45) is 5.92 Å². The van der Waals surface area contributed by atoms with E-state index in [1.807, 2.05) is 69.3 Å². The van der Waals surface area contributed by atoms with Crippen LogP contribution in [0.4, 0.5) is 5.82 Å².